The van der Waals surface area contributed by atoms with Crippen LogP contribution in [0.2, 0.25) is 0 Å². The van der Waals surface area contributed by atoms with Crippen LogP contribution < -0.4 is 9.47 Å². The van der Waals surface area contributed by atoms with Crippen molar-refractivity contribution >= 4 is 17.6 Å². The van der Waals surface area contributed by atoms with Gasteiger partial charge in [-0.05, 0) is 48.7 Å². The molecule has 2 rings (SSSR count). The van der Waals surface area contributed by atoms with Crippen LogP contribution in [-0.2, 0) is 4.74 Å². The number of carbonyl (C=O) groups excluding carboxylic acids is 2. The van der Waals surface area contributed by atoms with E-state index < -0.39 is 16.9 Å². The van der Waals surface area contributed by atoms with Gasteiger partial charge in [-0.25, -0.2) is 9.59 Å². The van der Waals surface area contributed by atoms with Gasteiger partial charge in [-0.2, -0.15) is 0 Å². The number of rotatable bonds is 21. The third-order valence-electron chi connectivity index (χ3n) is 7.14. The maximum absolute atomic E-state index is 12.6. The van der Waals surface area contributed by atoms with Crippen molar-refractivity contribution in [1.29, 1.82) is 0 Å². The summed E-state index contributed by atoms with van der Waals surface area (Å²) in [5, 5.41) is 11.6. The summed E-state index contributed by atoms with van der Waals surface area (Å²) in [5.41, 5.74) is 0.0997. The number of nitro groups is 1. The van der Waals surface area contributed by atoms with Gasteiger partial charge in [-0.1, -0.05) is 97.8 Å². The monoisotopic (exact) mass is 569 g/mol. The summed E-state index contributed by atoms with van der Waals surface area (Å²) in [6.07, 6.45) is 15.6. The van der Waals surface area contributed by atoms with E-state index in [0.29, 0.717) is 18.8 Å². The quantitative estimate of drug-likeness (QED) is 0.0485. The molecule has 0 bridgehead atoms. The minimum absolute atomic E-state index is 0.0338. The van der Waals surface area contributed by atoms with E-state index in [1.165, 1.54) is 100 Å². The Kier molecular flexibility index (Phi) is 16.2. The highest BCUT2D eigenvalue weighted by atomic mass is 16.6. The number of ether oxygens (including phenoxy) is 3. The number of esters is 2. The fourth-order valence-electron chi connectivity index (χ4n) is 4.28. The number of nitro benzene ring substituents is 1. The van der Waals surface area contributed by atoms with Gasteiger partial charge < -0.3 is 14.2 Å². The first-order valence-corrected chi connectivity index (χ1v) is 15.3. The Hall–Kier alpha value is -3.42. The van der Waals surface area contributed by atoms with Crippen molar-refractivity contribution < 1.29 is 28.7 Å². The Bertz CT molecular complexity index is 1070. The summed E-state index contributed by atoms with van der Waals surface area (Å²) in [6.45, 7) is 6.98. The molecule has 0 amide bonds. The molecule has 0 aliphatic heterocycles. The third kappa shape index (κ3) is 13.2. The van der Waals surface area contributed by atoms with E-state index in [-0.39, 0.29) is 28.7 Å². The molecule has 226 valence electrons. The van der Waals surface area contributed by atoms with Crippen molar-refractivity contribution in [3.05, 3.63) is 63.7 Å². The highest BCUT2D eigenvalue weighted by Crippen LogP contribution is 2.29. The Balaban J connectivity index is 1.76. The highest BCUT2D eigenvalue weighted by Gasteiger charge is 2.20. The second-order valence-corrected chi connectivity index (χ2v) is 10.7. The van der Waals surface area contributed by atoms with Crippen LogP contribution in [0.25, 0.3) is 0 Å². The van der Waals surface area contributed by atoms with E-state index in [1.807, 2.05) is 13.8 Å². The van der Waals surface area contributed by atoms with Crippen LogP contribution >= 0.6 is 0 Å². The van der Waals surface area contributed by atoms with E-state index in [1.54, 1.807) is 0 Å². The van der Waals surface area contributed by atoms with E-state index in [2.05, 4.69) is 6.92 Å². The average molecular weight is 570 g/mol. The zero-order valence-corrected chi connectivity index (χ0v) is 25.0. The van der Waals surface area contributed by atoms with Gasteiger partial charge in [-0.3, -0.25) is 10.1 Å². The van der Waals surface area contributed by atoms with E-state index in [0.717, 1.165) is 25.7 Å². The van der Waals surface area contributed by atoms with Gasteiger partial charge in [0.25, 0.3) is 0 Å². The van der Waals surface area contributed by atoms with Crippen LogP contribution in [0, 0.1) is 16.0 Å². The predicted molar refractivity (Wildman–Crippen MR) is 161 cm³/mol. The number of benzene rings is 2. The van der Waals surface area contributed by atoms with Gasteiger partial charge in [0.05, 0.1) is 29.3 Å². The van der Waals surface area contributed by atoms with E-state index >= 15 is 0 Å². The summed E-state index contributed by atoms with van der Waals surface area (Å²) in [7, 11) is 0. The van der Waals surface area contributed by atoms with E-state index in [4.69, 9.17) is 14.2 Å². The van der Waals surface area contributed by atoms with Crippen LogP contribution in [0.1, 0.15) is 125 Å². The molecule has 41 heavy (non-hydrogen) atoms. The lowest BCUT2D eigenvalue weighted by molar-refractivity contribution is -0.385. The first kappa shape index (κ1) is 33.8. The molecule has 0 aliphatic rings. The van der Waals surface area contributed by atoms with Crippen molar-refractivity contribution in [1.82, 2.24) is 0 Å². The summed E-state index contributed by atoms with van der Waals surface area (Å²) >= 11 is 0. The number of hydrogen-bond donors (Lipinski definition) is 0. The van der Waals surface area contributed by atoms with Gasteiger partial charge >= 0.3 is 17.6 Å². The van der Waals surface area contributed by atoms with Gasteiger partial charge in [0.15, 0.2) is 5.75 Å². The predicted octanol–water partition coefficient (Wildman–Crippen LogP) is 9.10. The highest BCUT2D eigenvalue weighted by molar-refractivity contribution is 5.93. The summed E-state index contributed by atoms with van der Waals surface area (Å²) in [4.78, 5) is 35.9. The molecule has 0 heterocycles. The second-order valence-electron chi connectivity index (χ2n) is 10.7. The van der Waals surface area contributed by atoms with E-state index in [9.17, 15) is 19.7 Å². The lowest BCUT2D eigenvalue weighted by Gasteiger charge is -2.10. The van der Waals surface area contributed by atoms with Gasteiger partial charge in [-0.15, -0.1) is 0 Å². The van der Waals surface area contributed by atoms with Crippen LogP contribution in [0.3, 0.4) is 0 Å². The van der Waals surface area contributed by atoms with Crippen LogP contribution in [-0.4, -0.2) is 30.1 Å². The number of nitrogens with zero attached hydrogens (tertiary/aromatic N) is 1. The first-order valence-electron chi connectivity index (χ1n) is 15.3. The summed E-state index contributed by atoms with van der Waals surface area (Å²) in [6, 6.07) is 10.0. The molecule has 0 N–H and O–H groups in total. The molecular weight excluding hydrogens is 522 g/mol. The summed E-state index contributed by atoms with van der Waals surface area (Å²) in [5.74, 6) is -0.571. The number of carbonyl (C=O) groups is 2. The molecular formula is C33H47NO7. The van der Waals surface area contributed by atoms with Crippen molar-refractivity contribution in [2.45, 2.75) is 104 Å². The fraction of sp³-hybridized carbons (Fsp3) is 0.576. The Morgan fingerprint density at radius 1 is 0.780 bits per heavy atom. The number of unbranched alkanes of at least 4 members (excludes halogenated alkanes) is 11. The largest absolute Gasteiger partial charge is 0.487 e. The SMILES string of the molecule is CCCCCCCCCCCCCCOc1ccc(C(=O)Oc2ccc(C(=O)OC[C@@H](C)CC)cc2)cc1[N+](=O)[O-]. The molecule has 0 saturated carbocycles. The molecule has 0 unspecified atom stereocenters. The van der Waals surface area contributed by atoms with Crippen molar-refractivity contribution in [3.63, 3.8) is 0 Å². The van der Waals surface area contributed by atoms with Crippen molar-refractivity contribution in [2.75, 3.05) is 13.2 Å². The van der Waals surface area contributed by atoms with Crippen LogP contribution in [0.15, 0.2) is 42.5 Å². The summed E-state index contributed by atoms with van der Waals surface area (Å²) < 4.78 is 16.3. The molecule has 0 fully saturated rings. The lowest BCUT2D eigenvalue weighted by atomic mass is 10.1. The first-order chi connectivity index (χ1) is 19.8. The normalized spacial score (nSPS) is 11.6. The third-order valence-corrected chi connectivity index (χ3v) is 7.14. The number of hydrogen-bond acceptors (Lipinski definition) is 7. The van der Waals surface area contributed by atoms with Gasteiger partial charge in [0.1, 0.15) is 5.75 Å². The second kappa shape index (κ2) is 19.6. The van der Waals surface area contributed by atoms with Crippen molar-refractivity contribution in [2.24, 2.45) is 5.92 Å². The molecule has 8 nitrogen and oxygen atoms in total. The molecule has 0 radical (unpaired) electrons. The molecule has 0 aliphatic carbocycles. The molecule has 2 aromatic rings. The molecule has 2 aromatic carbocycles. The Morgan fingerprint density at radius 3 is 1.90 bits per heavy atom. The lowest BCUT2D eigenvalue weighted by Crippen LogP contribution is -2.12. The van der Waals surface area contributed by atoms with Gasteiger partial charge in [0.2, 0.25) is 0 Å². The Labute approximate surface area is 244 Å². The molecule has 1 atom stereocenters. The molecule has 0 spiro atoms. The topological polar surface area (TPSA) is 105 Å². The minimum atomic E-state index is -0.743. The van der Waals surface area contributed by atoms with Crippen LogP contribution in [0.4, 0.5) is 5.69 Å². The maximum atomic E-state index is 12.6. The fourth-order valence-corrected chi connectivity index (χ4v) is 4.28. The average Bonchev–Trinajstić information content (AvgIpc) is 2.98. The molecule has 0 aromatic heterocycles. The zero-order chi connectivity index (χ0) is 29.9. The maximum Gasteiger partial charge on any atom is 0.343 e. The van der Waals surface area contributed by atoms with Crippen LogP contribution in [0.5, 0.6) is 11.5 Å². The Morgan fingerprint density at radius 2 is 1.34 bits per heavy atom. The smallest absolute Gasteiger partial charge is 0.343 e. The zero-order valence-electron chi connectivity index (χ0n) is 25.0. The van der Waals surface area contributed by atoms with Crippen molar-refractivity contribution in [3.8, 4) is 11.5 Å². The van der Waals surface area contributed by atoms with Gasteiger partial charge in [0, 0.05) is 6.07 Å². The molecule has 0 saturated heterocycles. The minimum Gasteiger partial charge on any atom is -0.487 e. The molecule has 8 heteroatoms. The standard InChI is InChI=1S/C33H47NO7/c1-4-6-7-8-9-10-11-12-13-14-15-16-23-39-31-22-19-28(24-30(31)34(37)38)33(36)41-29-20-17-27(18-21-29)32(35)40-25-26(3)5-2/h17-22,24,26H,4-16,23,25H2,1-3H3/t26-/m0/s1.